The zero-order valence-corrected chi connectivity index (χ0v) is 12.3. The van der Waals surface area contributed by atoms with Gasteiger partial charge in [0.25, 0.3) is 0 Å². The van der Waals surface area contributed by atoms with Gasteiger partial charge < -0.3 is 11.1 Å². The molecule has 0 unspecified atom stereocenters. The molecule has 0 atom stereocenters. The largest absolute Gasteiger partial charge is 0.350 e. The Morgan fingerprint density at radius 2 is 2.26 bits per heavy atom. The molecular formula is C14H23N3OS. The number of piperidine rings is 1. The van der Waals surface area contributed by atoms with Crippen LogP contribution in [0.15, 0.2) is 11.4 Å². The third kappa shape index (κ3) is 4.30. The summed E-state index contributed by atoms with van der Waals surface area (Å²) in [6.07, 6.45) is 3.02. The summed E-state index contributed by atoms with van der Waals surface area (Å²) in [5, 5.41) is 5.11. The number of nitrogens with zero attached hydrogens (tertiary/aromatic N) is 1. The van der Waals surface area contributed by atoms with E-state index in [4.69, 9.17) is 5.73 Å². The third-order valence-electron chi connectivity index (χ3n) is 3.66. The van der Waals surface area contributed by atoms with Crippen LogP contribution < -0.4 is 11.1 Å². The van der Waals surface area contributed by atoms with Crippen molar-refractivity contribution in [3.63, 3.8) is 0 Å². The highest BCUT2D eigenvalue weighted by molar-refractivity contribution is 7.10. The second-order valence-corrected chi connectivity index (χ2v) is 6.11. The lowest BCUT2D eigenvalue weighted by Crippen LogP contribution is -2.44. The van der Waals surface area contributed by atoms with Crippen molar-refractivity contribution in [2.45, 2.75) is 38.8 Å². The number of amides is 1. The molecule has 5 heteroatoms. The molecule has 106 valence electrons. The lowest BCUT2D eigenvalue weighted by Gasteiger charge is -2.29. The molecule has 0 saturated carbocycles. The average Bonchev–Trinajstić information content (AvgIpc) is 2.86. The molecule has 2 heterocycles. The van der Waals surface area contributed by atoms with Gasteiger partial charge >= 0.3 is 0 Å². The van der Waals surface area contributed by atoms with Gasteiger partial charge in [0.1, 0.15) is 0 Å². The van der Waals surface area contributed by atoms with Crippen molar-refractivity contribution in [2.24, 2.45) is 5.73 Å². The minimum Gasteiger partial charge on any atom is -0.350 e. The number of carbonyl (C=O) groups excluding carboxylic acids is 1. The van der Waals surface area contributed by atoms with Gasteiger partial charge in [-0.1, -0.05) is 6.92 Å². The van der Waals surface area contributed by atoms with Gasteiger partial charge in [-0.2, -0.15) is 0 Å². The van der Waals surface area contributed by atoms with Crippen LogP contribution in [0, 0.1) is 0 Å². The highest BCUT2D eigenvalue weighted by Gasteiger charge is 2.18. The van der Waals surface area contributed by atoms with Gasteiger partial charge in [-0.15, -0.1) is 11.3 Å². The highest BCUT2D eigenvalue weighted by atomic mass is 32.1. The Morgan fingerprint density at radius 3 is 2.95 bits per heavy atom. The first-order valence-electron chi connectivity index (χ1n) is 6.99. The summed E-state index contributed by atoms with van der Waals surface area (Å²) >= 11 is 1.72. The Kier molecular flexibility index (Phi) is 5.36. The van der Waals surface area contributed by atoms with Crippen LogP contribution in [0.2, 0.25) is 0 Å². The lowest BCUT2D eigenvalue weighted by molar-refractivity contribution is -0.122. The van der Waals surface area contributed by atoms with Crippen LogP contribution >= 0.6 is 11.3 Å². The minimum atomic E-state index is 0.117. The van der Waals surface area contributed by atoms with Crippen LogP contribution in [0.3, 0.4) is 0 Å². The van der Waals surface area contributed by atoms with Crippen molar-refractivity contribution in [3.05, 3.63) is 21.9 Å². The van der Waals surface area contributed by atoms with Crippen molar-refractivity contribution in [3.8, 4) is 0 Å². The number of carbonyl (C=O) groups is 1. The van der Waals surface area contributed by atoms with Crippen molar-refractivity contribution in [2.75, 3.05) is 19.6 Å². The summed E-state index contributed by atoms with van der Waals surface area (Å²) in [6.45, 7) is 5.18. The maximum Gasteiger partial charge on any atom is 0.234 e. The van der Waals surface area contributed by atoms with Gasteiger partial charge in [-0.3, -0.25) is 9.69 Å². The molecule has 1 aromatic rings. The van der Waals surface area contributed by atoms with Crippen LogP contribution in [-0.2, 0) is 17.8 Å². The van der Waals surface area contributed by atoms with E-state index < -0.39 is 0 Å². The molecule has 0 aromatic carbocycles. The molecule has 1 fully saturated rings. The number of nitrogens with one attached hydrogen (secondary N) is 1. The van der Waals surface area contributed by atoms with Gasteiger partial charge in [-0.25, -0.2) is 0 Å². The number of hydrogen-bond acceptors (Lipinski definition) is 4. The normalized spacial score (nSPS) is 17.6. The molecule has 19 heavy (non-hydrogen) atoms. The molecule has 1 aromatic heterocycles. The highest BCUT2D eigenvalue weighted by Crippen LogP contribution is 2.16. The molecule has 0 aliphatic carbocycles. The van der Waals surface area contributed by atoms with Gasteiger partial charge in [0.05, 0.1) is 13.1 Å². The number of hydrogen-bond donors (Lipinski definition) is 2. The third-order valence-corrected chi connectivity index (χ3v) is 4.63. The fraction of sp³-hybridized carbons (Fsp3) is 0.643. The molecule has 0 bridgehead atoms. The van der Waals surface area contributed by atoms with E-state index in [9.17, 15) is 4.79 Å². The predicted molar refractivity (Wildman–Crippen MR) is 79.2 cm³/mol. The first-order valence-corrected chi connectivity index (χ1v) is 7.87. The fourth-order valence-corrected chi connectivity index (χ4v) is 3.30. The second-order valence-electron chi connectivity index (χ2n) is 5.11. The molecular weight excluding hydrogens is 258 g/mol. The van der Waals surface area contributed by atoms with Crippen molar-refractivity contribution in [1.29, 1.82) is 0 Å². The van der Waals surface area contributed by atoms with Crippen LogP contribution in [0.4, 0.5) is 0 Å². The SMILES string of the molecule is CCc1ccsc1CNC(=O)CN1CCC(N)CC1. The van der Waals surface area contributed by atoms with E-state index in [1.54, 1.807) is 11.3 Å². The maximum absolute atomic E-state index is 11.9. The van der Waals surface area contributed by atoms with Gasteiger partial charge in [0.15, 0.2) is 0 Å². The Labute approximate surface area is 119 Å². The smallest absolute Gasteiger partial charge is 0.234 e. The molecule has 1 aliphatic heterocycles. The standard InChI is InChI=1S/C14H23N3OS/c1-2-11-5-8-19-13(11)9-16-14(18)10-17-6-3-12(15)4-7-17/h5,8,12H,2-4,6-7,9-10,15H2,1H3,(H,16,18). The van der Waals surface area contributed by atoms with Crippen LogP contribution in [0.5, 0.6) is 0 Å². The first kappa shape index (κ1) is 14.5. The van der Waals surface area contributed by atoms with E-state index in [0.717, 1.165) is 32.4 Å². The van der Waals surface area contributed by atoms with E-state index in [1.165, 1.54) is 10.4 Å². The molecule has 0 radical (unpaired) electrons. The number of aryl methyl sites for hydroxylation is 1. The first-order chi connectivity index (χ1) is 9.19. The van der Waals surface area contributed by atoms with Gasteiger partial charge in [-0.05, 0) is 36.3 Å². The number of thiophene rings is 1. The number of nitrogens with two attached hydrogens (primary N) is 1. The molecule has 2 rings (SSSR count). The lowest BCUT2D eigenvalue weighted by atomic mass is 10.1. The monoisotopic (exact) mass is 281 g/mol. The molecule has 4 nitrogen and oxygen atoms in total. The number of rotatable bonds is 5. The Bertz CT molecular complexity index is 411. The summed E-state index contributed by atoms with van der Waals surface area (Å²) in [5.41, 5.74) is 7.20. The topological polar surface area (TPSA) is 58.4 Å². The molecule has 1 aliphatic rings. The number of likely N-dealkylation sites (tertiary alicyclic amines) is 1. The molecule has 3 N–H and O–H groups in total. The minimum absolute atomic E-state index is 0.117. The zero-order chi connectivity index (χ0) is 13.7. The quantitative estimate of drug-likeness (QED) is 0.856. The summed E-state index contributed by atoms with van der Waals surface area (Å²) in [4.78, 5) is 15.4. The Hall–Kier alpha value is -0.910. The van der Waals surface area contributed by atoms with Crippen molar-refractivity contribution < 1.29 is 4.79 Å². The van der Waals surface area contributed by atoms with Crippen LogP contribution in [0.25, 0.3) is 0 Å². The van der Waals surface area contributed by atoms with E-state index in [-0.39, 0.29) is 5.91 Å². The Balaban J connectivity index is 1.73. The van der Waals surface area contributed by atoms with E-state index in [2.05, 4.69) is 28.6 Å². The van der Waals surface area contributed by atoms with Gasteiger partial charge in [0, 0.05) is 24.0 Å². The molecule has 1 amide bonds. The van der Waals surface area contributed by atoms with E-state index in [0.29, 0.717) is 19.1 Å². The second kappa shape index (κ2) is 7.03. The van der Waals surface area contributed by atoms with Crippen LogP contribution in [0.1, 0.15) is 30.2 Å². The molecule has 1 saturated heterocycles. The predicted octanol–water partition coefficient (Wildman–Crippen LogP) is 1.35. The van der Waals surface area contributed by atoms with Crippen molar-refractivity contribution in [1.82, 2.24) is 10.2 Å². The summed E-state index contributed by atoms with van der Waals surface area (Å²) in [5.74, 6) is 0.117. The van der Waals surface area contributed by atoms with Gasteiger partial charge in [0.2, 0.25) is 5.91 Å². The van der Waals surface area contributed by atoms with Crippen molar-refractivity contribution >= 4 is 17.2 Å². The summed E-state index contributed by atoms with van der Waals surface area (Å²) < 4.78 is 0. The molecule has 0 spiro atoms. The average molecular weight is 281 g/mol. The van der Waals surface area contributed by atoms with Crippen LogP contribution in [-0.4, -0.2) is 36.5 Å². The van der Waals surface area contributed by atoms with E-state index >= 15 is 0 Å². The maximum atomic E-state index is 11.9. The zero-order valence-electron chi connectivity index (χ0n) is 11.5. The summed E-state index contributed by atoms with van der Waals surface area (Å²) in [6, 6.07) is 2.45. The Morgan fingerprint density at radius 1 is 1.53 bits per heavy atom. The van der Waals surface area contributed by atoms with E-state index in [1.807, 2.05) is 0 Å². The summed E-state index contributed by atoms with van der Waals surface area (Å²) in [7, 11) is 0. The fourth-order valence-electron chi connectivity index (χ4n) is 2.39.